The van der Waals surface area contributed by atoms with Crippen LogP contribution in [0, 0.1) is 0 Å². The summed E-state index contributed by atoms with van der Waals surface area (Å²) in [7, 11) is 3.88. The van der Waals surface area contributed by atoms with Gasteiger partial charge in [0.2, 0.25) is 5.91 Å². The molecule has 6 heteroatoms. The van der Waals surface area contributed by atoms with Crippen LogP contribution in [0.25, 0.3) is 0 Å². The van der Waals surface area contributed by atoms with E-state index in [0.29, 0.717) is 6.54 Å². The number of nitrogens with two attached hydrogens (primary N) is 1. The van der Waals surface area contributed by atoms with Crippen molar-refractivity contribution >= 4 is 11.9 Å². The average molecular weight is 227 g/mol. The van der Waals surface area contributed by atoms with Crippen molar-refractivity contribution in [2.75, 3.05) is 27.2 Å². The lowest BCUT2D eigenvalue weighted by atomic mass is 10.2. The van der Waals surface area contributed by atoms with Crippen LogP contribution in [-0.4, -0.2) is 54.0 Å². The van der Waals surface area contributed by atoms with E-state index in [1.54, 1.807) is 0 Å². The van der Waals surface area contributed by atoms with Gasteiger partial charge in [0.25, 0.3) is 0 Å². The summed E-state index contributed by atoms with van der Waals surface area (Å²) in [5, 5.41) is 8.81. The molecule has 0 bridgehead atoms. The molecule has 0 aromatic rings. The number of carbonyl (C=O) groups is 2. The topological polar surface area (TPSA) is 86.9 Å². The summed E-state index contributed by atoms with van der Waals surface area (Å²) in [5.74, 6) is -1.24. The van der Waals surface area contributed by atoms with Crippen LogP contribution in [0.5, 0.6) is 0 Å². The summed E-state index contributed by atoms with van der Waals surface area (Å²) < 4.78 is 0. The first-order chi connectivity index (χ1) is 7.43. The minimum absolute atomic E-state index is 0.00912. The molecule has 1 aliphatic heterocycles. The molecule has 16 heavy (non-hydrogen) atoms. The fraction of sp³-hybridized carbons (Fsp3) is 0.600. The number of hydrogen-bond donors (Lipinski definition) is 2. The Labute approximate surface area is 94.3 Å². The molecule has 90 valence electrons. The third-order valence-electron chi connectivity index (χ3n) is 2.47. The van der Waals surface area contributed by atoms with Gasteiger partial charge in [0.05, 0.1) is 12.0 Å². The second kappa shape index (κ2) is 4.98. The molecule has 0 aromatic heterocycles. The molecule has 0 fully saturated rings. The molecule has 0 aromatic carbocycles. The summed E-state index contributed by atoms with van der Waals surface area (Å²) in [6.45, 7) is 1.30. The van der Waals surface area contributed by atoms with Gasteiger partial charge in [0.15, 0.2) is 0 Å². The van der Waals surface area contributed by atoms with Crippen LogP contribution in [0.15, 0.2) is 11.4 Å². The first-order valence-corrected chi connectivity index (χ1v) is 5.10. The zero-order valence-corrected chi connectivity index (χ0v) is 9.56. The predicted molar refractivity (Wildman–Crippen MR) is 58.4 cm³/mol. The van der Waals surface area contributed by atoms with Crippen molar-refractivity contribution in [3.8, 4) is 0 Å². The smallest absolute Gasteiger partial charge is 0.335 e. The lowest BCUT2D eigenvalue weighted by Gasteiger charge is -2.18. The van der Waals surface area contributed by atoms with E-state index in [4.69, 9.17) is 10.8 Å². The molecule has 1 aliphatic rings. The van der Waals surface area contributed by atoms with Crippen molar-refractivity contribution in [2.24, 2.45) is 5.73 Å². The number of hydrogen-bond acceptors (Lipinski definition) is 4. The van der Waals surface area contributed by atoms with Gasteiger partial charge in [-0.3, -0.25) is 9.69 Å². The molecule has 0 radical (unpaired) electrons. The van der Waals surface area contributed by atoms with Gasteiger partial charge in [-0.05, 0) is 27.1 Å². The van der Waals surface area contributed by atoms with Crippen molar-refractivity contribution in [3.05, 3.63) is 11.4 Å². The van der Waals surface area contributed by atoms with Gasteiger partial charge in [0, 0.05) is 6.54 Å². The van der Waals surface area contributed by atoms with E-state index < -0.39 is 5.97 Å². The highest BCUT2D eigenvalue weighted by Crippen LogP contribution is 2.20. The van der Waals surface area contributed by atoms with Gasteiger partial charge < -0.3 is 15.7 Å². The van der Waals surface area contributed by atoms with Crippen LogP contribution >= 0.6 is 0 Å². The monoisotopic (exact) mass is 227 g/mol. The van der Waals surface area contributed by atoms with Crippen LogP contribution < -0.4 is 5.73 Å². The summed E-state index contributed by atoms with van der Waals surface area (Å²) in [6.07, 6.45) is 0.676. The van der Waals surface area contributed by atoms with Crippen LogP contribution in [-0.2, 0) is 9.59 Å². The molecule has 0 atom stereocenters. The fourth-order valence-corrected chi connectivity index (χ4v) is 1.61. The highest BCUT2D eigenvalue weighted by molar-refractivity contribution is 5.98. The highest BCUT2D eigenvalue weighted by atomic mass is 16.4. The Balaban J connectivity index is 2.60. The molecule has 0 aliphatic carbocycles. The molecule has 3 N–H and O–H groups in total. The predicted octanol–water partition coefficient (Wildman–Crippen LogP) is -0.575. The van der Waals surface area contributed by atoms with Gasteiger partial charge in [-0.25, -0.2) is 4.79 Å². The Morgan fingerprint density at radius 3 is 2.62 bits per heavy atom. The first-order valence-electron chi connectivity index (χ1n) is 5.10. The molecule has 1 rings (SSSR count). The molecule has 6 nitrogen and oxygen atoms in total. The lowest BCUT2D eigenvalue weighted by Crippen LogP contribution is -2.31. The number of carboxylic acids is 1. The fourth-order valence-electron chi connectivity index (χ4n) is 1.61. The normalized spacial score (nSPS) is 16.4. The van der Waals surface area contributed by atoms with Crippen LogP contribution in [0.1, 0.15) is 12.8 Å². The number of carbonyl (C=O) groups excluding carboxylic acids is 1. The number of carboxylic acid groups (broad SMARTS) is 1. The molecule has 1 amide bonds. The van der Waals surface area contributed by atoms with Gasteiger partial charge in [-0.15, -0.1) is 0 Å². The van der Waals surface area contributed by atoms with Crippen molar-refractivity contribution in [1.82, 2.24) is 9.80 Å². The van der Waals surface area contributed by atoms with Gasteiger partial charge in [0.1, 0.15) is 5.82 Å². The molecule has 0 unspecified atom stereocenters. The minimum Gasteiger partial charge on any atom is -0.478 e. The Morgan fingerprint density at radius 1 is 1.56 bits per heavy atom. The zero-order chi connectivity index (χ0) is 12.3. The van der Waals surface area contributed by atoms with Gasteiger partial charge >= 0.3 is 5.97 Å². The zero-order valence-electron chi connectivity index (χ0n) is 9.56. The second-order valence-electron chi connectivity index (χ2n) is 4.05. The largest absolute Gasteiger partial charge is 0.478 e. The molecular weight excluding hydrogens is 210 g/mol. The maximum Gasteiger partial charge on any atom is 0.335 e. The summed E-state index contributed by atoms with van der Waals surface area (Å²) >= 11 is 0. The van der Waals surface area contributed by atoms with Crippen molar-refractivity contribution in [3.63, 3.8) is 0 Å². The Hall–Kier alpha value is -1.56. The first kappa shape index (κ1) is 12.5. The van der Waals surface area contributed by atoms with Crippen molar-refractivity contribution in [1.29, 1.82) is 0 Å². The number of nitrogens with zero attached hydrogens (tertiary/aromatic N) is 2. The molecule has 0 saturated heterocycles. The van der Waals surface area contributed by atoms with Crippen molar-refractivity contribution < 1.29 is 14.7 Å². The molecular formula is C10H17N3O3. The van der Waals surface area contributed by atoms with Gasteiger partial charge in [-0.1, -0.05) is 0 Å². The van der Waals surface area contributed by atoms with E-state index in [-0.39, 0.29) is 23.7 Å². The maximum absolute atomic E-state index is 11.5. The van der Waals surface area contributed by atoms with E-state index in [1.807, 2.05) is 19.0 Å². The number of rotatable bonds is 5. The average Bonchev–Trinajstić information content (AvgIpc) is 2.44. The third kappa shape index (κ3) is 2.73. The van der Waals surface area contributed by atoms with E-state index in [0.717, 1.165) is 13.0 Å². The summed E-state index contributed by atoms with van der Waals surface area (Å²) in [4.78, 5) is 25.6. The third-order valence-corrected chi connectivity index (χ3v) is 2.47. The highest BCUT2D eigenvalue weighted by Gasteiger charge is 2.31. The van der Waals surface area contributed by atoms with Crippen LogP contribution in [0.3, 0.4) is 0 Å². The number of amides is 1. The van der Waals surface area contributed by atoms with E-state index in [9.17, 15) is 9.59 Å². The van der Waals surface area contributed by atoms with Crippen LogP contribution in [0.2, 0.25) is 0 Å². The van der Waals surface area contributed by atoms with Gasteiger partial charge in [-0.2, -0.15) is 0 Å². The molecule has 1 heterocycles. The SMILES string of the molecule is CN(C)CCCN1C(=O)CC(C(=O)O)=C1N. The summed E-state index contributed by atoms with van der Waals surface area (Å²) in [5.41, 5.74) is 5.63. The van der Waals surface area contributed by atoms with E-state index in [2.05, 4.69) is 0 Å². The van der Waals surface area contributed by atoms with E-state index >= 15 is 0 Å². The van der Waals surface area contributed by atoms with Crippen LogP contribution in [0.4, 0.5) is 0 Å². The Kier molecular flexibility index (Phi) is 3.89. The Morgan fingerprint density at radius 2 is 2.19 bits per heavy atom. The standard InChI is InChI=1S/C10H17N3O3/c1-12(2)4-3-5-13-8(14)6-7(9(13)11)10(15)16/h3-6,11H2,1-2H3,(H,15,16). The quantitative estimate of drug-likeness (QED) is 0.656. The molecule has 0 spiro atoms. The summed E-state index contributed by atoms with van der Waals surface area (Å²) in [6, 6.07) is 0. The van der Waals surface area contributed by atoms with E-state index in [1.165, 1.54) is 4.90 Å². The minimum atomic E-state index is -1.11. The molecule has 0 saturated carbocycles. The number of aliphatic carboxylic acids is 1. The lowest BCUT2D eigenvalue weighted by molar-refractivity contribution is -0.134. The maximum atomic E-state index is 11.5. The Bertz CT molecular complexity index is 336. The van der Waals surface area contributed by atoms with Crippen molar-refractivity contribution in [2.45, 2.75) is 12.8 Å². The second-order valence-corrected chi connectivity index (χ2v) is 4.05.